The van der Waals surface area contributed by atoms with Crippen molar-refractivity contribution in [2.75, 3.05) is 0 Å². The van der Waals surface area contributed by atoms with Gasteiger partial charge in [-0.3, -0.25) is 9.48 Å². The van der Waals surface area contributed by atoms with E-state index in [0.717, 1.165) is 17.0 Å². The molecule has 0 fully saturated rings. The van der Waals surface area contributed by atoms with E-state index in [1.54, 1.807) is 0 Å². The largest absolute Gasteiger partial charge is 0.351 e. The standard InChI is InChI=1S/C13H24N4O/c1-8(2)6-12(14)13(18)15-7-11-9(3)16-17(5)10(11)4/h8,12H,6-7,14H2,1-5H3,(H,15,18). The predicted molar refractivity (Wildman–Crippen MR) is 72.0 cm³/mol. The summed E-state index contributed by atoms with van der Waals surface area (Å²) >= 11 is 0. The molecule has 0 aliphatic carbocycles. The summed E-state index contributed by atoms with van der Waals surface area (Å²) < 4.78 is 1.82. The van der Waals surface area contributed by atoms with Crippen LogP contribution in [0.1, 0.15) is 37.2 Å². The summed E-state index contributed by atoms with van der Waals surface area (Å²) in [4.78, 5) is 11.8. The number of hydrogen-bond donors (Lipinski definition) is 2. The minimum Gasteiger partial charge on any atom is -0.351 e. The molecular weight excluding hydrogens is 228 g/mol. The number of nitrogens with zero attached hydrogens (tertiary/aromatic N) is 2. The van der Waals surface area contributed by atoms with Gasteiger partial charge >= 0.3 is 0 Å². The van der Waals surface area contributed by atoms with Crippen LogP contribution in [0, 0.1) is 19.8 Å². The summed E-state index contributed by atoms with van der Waals surface area (Å²) in [5, 5.41) is 7.20. The molecule has 1 amide bonds. The lowest BCUT2D eigenvalue weighted by atomic mass is 10.0. The Balaban J connectivity index is 2.57. The van der Waals surface area contributed by atoms with Crippen LogP contribution in [0.2, 0.25) is 0 Å². The van der Waals surface area contributed by atoms with E-state index in [0.29, 0.717) is 18.9 Å². The van der Waals surface area contributed by atoms with Gasteiger partial charge in [-0.25, -0.2) is 0 Å². The van der Waals surface area contributed by atoms with Crippen LogP contribution in [0.4, 0.5) is 0 Å². The molecule has 18 heavy (non-hydrogen) atoms. The molecule has 5 nitrogen and oxygen atoms in total. The highest BCUT2D eigenvalue weighted by atomic mass is 16.2. The Morgan fingerprint density at radius 2 is 2.06 bits per heavy atom. The number of aromatic nitrogens is 2. The van der Waals surface area contributed by atoms with E-state index in [1.807, 2.05) is 25.6 Å². The minimum absolute atomic E-state index is 0.0913. The van der Waals surface area contributed by atoms with Crippen molar-refractivity contribution in [3.8, 4) is 0 Å². The zero-order valence-corrected chi connectivity index (χ0v) is 11.9. The molecule has 0 aliphatic rings. The highest BCUT2D eigenvalue weighted by molar-refractivity contribution is 5.81. The zero-order chi connectivity index (χ0) is 13.9. The Bertz CT molecular complexity index is 423. The number of carbonyl (C=O) groups excluding carboxylic acids is 1. The van der Waals surface area contributed by atoms with E-state index >= 15 is 0 Å². The third-order valence-corrected chi connectivity index (χ3v) is 3.16. The quantitative estimate of drug-likeness (QED) is 0.822. The molecule has 0 spiro atoms. The van der Waals surface area contributed by atoms with Crippen molar-refractivity contribution in [2.45, 2.75) is 46.7 Å². The number of nitrogens with two attached hydrogens (primary N) is 1. The van der Waals surface area contributed by atoms with Crippen molar-refractivity contribution in [1.82, 2.24) is 15.1 Å². The molecule has 3 N–H and O–H groups in total. The van der Waals surface area contributed by atoms with Crippen molar-refractivity contribution in [1.29, 1.82) is 0 Å². The maximum atomic E-state index is 11.8. The number of carbonyl (C=O) groups is 1. The number of nitrogens with one attached hydrogen (secondary N) is 1. The van der Waals surface area contributed by atoms with Gasteiger partial charge in [-0.05, 0) is 26.2 Å². The molecule has 1 heterocycles. The fourth-order valence-corrected chi connectivity index (χ4v) is 1.99. The van der Waals surface area contributed by atoms with Crippen LogP contribution in [0.3, 0.4) is 0 Å². The van der Waals surface area contributed by atoms with Gasteiger partial charge in [-0.15, -0.1) is 0 Å². The molecule has 1 aromatic rings. The van der Waals surface area contributed by atoms with Gasteiger partial charge in [0.25, 0.3) is 0 Å². The fraction of sp³-hybridized carbons (Fsp3) is 0.692. The van der Waals surface area contributed by atoms with E-state index in [4.69, 9.17) is 5.73 Å². The maximum Gasteiger partial charge on any atom is 0.237 e. The summed E-state index contributed by atoms with van der Waals surface area (Å²) in [6, 6.07) is -0.428. The Labute approximate surface area is 109 Å². The van der Waals surface area contributed by atoms with Crippen LogP contribution in [-0.2, 0) is 18.4 Å². The van der Waals surface area contributed by atoms with Gasteiger partial charge in [0, 0.05) is 24.8 Å². The Kier molecular flexibility index (Phi) is 4.90. The van der Waals surface area contributed by atoms with Crippen molar-refractivity contribution < 1.29 is 4.79 Å². The van der Waals surface area contributed by atoms with Gasteiger partial charge < -0.3 is 11.1 Å². The van der Waals surface area contributed by atoms with Crippen molar-refractivity contribution in [3.05, 3.63) is 17.0 Å². The molecule has 0 bridgehead atoms. The van der Waals surface area contributed by atoms with Crippen LogP contribution in [0.15, 0.2) is 0 Å². The predicted octanol–water partition coefficient (Wildman–Crippen LogP) is 1.03. The Hall–Kier alpha value is -1.36. The van der Waals surface area contributed by atoms with Gasteiger partial charge in [-0.2, -0.15) is 5.10 Å². The molecule has 0 aromatic carbocycles. The topological polar surface area (TPSA) is 72.9 Å². The van der Waals surface area contributed by atoms with Gasteiger partial charge in [-0.1, -0.05) is 13.8 Å². The number of aryl methyl sites for hydroxylation is 2. The van der Waals surface area contributed by atoms with Gasteiger partial charge in [0.15, 0.2) is 0 Å². The summed E-state index contributed by atoms with van der Waals surface area (Å²) in [7, 11) is 1.90. The molecule has 1 atom stereocenters. The van der Waals surface area contributed by atoms with Crippen molar-refractivity contribution >= 4 is 5.91 Å². The summed E-state index contributed by atoms with van der Waals surface area (Å²) in [6.45, 7) is 8.55. The second-order valence-electron chi connectivity index (χ2n) is 5.23. The second-order valence-corrected chi connectivity index (χ2v) is 5.23. The van der Waals surface area contributed by atoms with Crippen LogP contribution in [-0.4, -0.2) is 21.7 Å². The average Bonchev–Trinajstić information content (AvgIpc) is 2.49. The average molecular weight is 252 g/mol. The first kappa shape index (κ1) is 14.7. The molecule has 0 radical (unpaired) electrons. The minimum atomic E-state index is -0.428. The van der Waals surface area contributed by atoms with E-state index in [-0.39, 0.29) is 5.91 Å². The van der Waals surface area contributed by atoms with E-state index < -0.39 is 6.04 Å². The van der Waals surface area contributed by atoms with Gasteiger partial charge in [0.05, 0.1) is 11.7 Å². The second kappa shape index (κ2) is 6.00. The van der Waals surface area contributed by atoms with E-state index in [2.05, 4.69) is 24.3 Å². The normalized spacial score (nSPS) is 12.8. The monoisotopic (exact) mass is 252 g/mol. The molecule has 0 saturated carbocycles. The van der Waals surface area contributed by atoms with Crippen LogP contribution < -0.4 is 11.1 Å². The third kappa shape index (κ3) is 3.57. The summed E-state index contributed by atoms with van der Waals surface area (Å²) in [5.41, 5.74) is 8.93. The number of amides is 1. The highest BCUT2D eigenvalue weighted by Crippen LogP contribution is 2.11. The summed E-state index contributed by atoms with van der Waals surface area (Å²) in [6.07, 6.45) is 0.705. The Morgan fingerprint density at radius 1 is 1.44 bits per heavy atom. The smallest absolute Gasteiger partial charge is 0.237 e. The van der Waals surface area contributed by atoms with Crippen LogP contribution >= 0.6 is 0 Å². The molecule has 1 rings (SSSR count). The SMILES string of the molecule is Cc1nn(C)c(C)c1CNC(=O)C(N)CC(C)C. The van der Waals surface area contributed by atoms with Crippen molar-refractivity contribution in [2.24, 2.45) is 18.7 Å². The molecular formula is C13H24N4O. The highest BCUT2D eigenvalue weighted by Gasteiger charge is 2.16. The van der Waals surface area contributed by atoms with E-state index in [1.165, 1.54) is 0 Å². The first-order valence-corrected chi connectivity index (χ1v) is 6.35. The van der Waals surface area contributed by atoms with Crippen LogP contribution in [0.5, 0.6) is 0 Å². The Morgan fingerprint density at radius 3 is 2.50 bits per heavy atom. The number of hydrogen-bond acceptors (Lipinski definition) is 3. The molecule has 102 valence electrons. The van der Waals surface area contributed by atoms with Crippen LogP contribution in [0.25, 0.3) is 0 Å². The van der Waals surface area contributed by atoms with E-state index in [9.17, 15) is 4.79 Å². The lowest BCUT2D eigenvalue weighted by Gasteiger charge is -2.14. The molecule has 5 heteroatoms. The first-order chi connectivity index (χ1) is 8.32. The molecule has 1 aromatic heterocycles. The lowest BCUT2D eigenvalue weighted by Crippen LogP contribution is -2.41. The third-order valence-electron chi connectivity index (χ3n) is 3.16. The lowest BCUT2D eigenvalue weighted by molar-refractivity contribution is -0.122. The van der Waals surface area contributed by atoms with Gasteiger partial charge in [0.2, 0.25) is 5.91 Å². The first-order valence-electron chi connectivity index (χ1n) is 6.35. The maximum absolute atomic E-state index is 11.8. The van der Waals surface area contributed by atoms with Crippen molar-refractivity contribution in [3.63, 3.8) is 0 Å². The number of rotatable bonds is 5. The zero-order valence-electron chi connectivity index (χ0n) is 11.9. The molecule has 0 saturated heterocycles. The van der Waals surface area contributed by atoms with Gasteiger partial charge in [0.1, 0.15) is 0 Å². The fourth-order valence-electron chi connectivity index (χ4n) is 1.99. The molecule has 1 unspecified atom stereocenters. The summed E-state index contributed by atoms with van der Waals surface area (Å²) in [5.74, 6) is 0.332. The molecule has 0 aliphatic heterocycles.